The first-order chi connectivity index (χ1) is 12.6. The maximum atomic E-state index is 11.8. The van der Waals surface area contributed by atoms with Gasteiger partial charge in [-0.3, -0.25) is 0 Å². The number of hydrogen-bond donors (Lipinski definition) is 2. The summed E-state index contributed by atoms with van der Waals surface area (Å²) in [5.41, 5.74) is 2.12. The van der Waals surface area contributed by atoms with Crippen LogP contribution in [0.25, 0.3) is 0 Å². The molecule has 0 unspecified atom stereocenters. The molecule has 0 bridgehead atoms. The number of ether oxygens (including phenoxy) is 2. The van der Waals surface area contributed by atoms with Crippen LogP contribution in [0, 0.1) is 0 Å². The predicted octanol–water partition coefficient (Wildman–Crippen LogP) is 2.13. The smallest absolute Gasteiger partial charge is 0.338 e. The second kappa shape index (κ2) is 10.7. The quantitative estimate of drug-likeness (QED) is 0.611. The molecule has 26 heavy (non-hydrogen) atoms. The molecule has 6 nitrogen and oxygen atoms in total. The number of aliphatic hydroxyl groups excluding tert-OH is 2. The van der Waals surface area contributed by atoms with Gasteiger partial charge in [0.2, 0.25) is 0 Å². The van der Waals surface area contributed by atoms with Crippen LogP contribution in [0.5, 0.6) is 0 Å². The first-order valence-corrected chi connectivity index (χ1v) is 8.98. The molecule has 2 rings (SSSR count). The minimum Gasteiger partial charge on any atom is -0.463 e. The van der Waals surface area contributed by atoms with Crippen LogP contribution in [0.4, 0.5) is 0 Å². The highest BCUT2D eigenvalue weighted by Gasteiger charge is 2.32. The fraction of sp³-hybridized carbons (Fsp3) is 0.500. The zero-order valence-electron chi connectivity index (χ0n) is 14.8. The van der Waals surface area contributed by atoms with Gasteiger partial charge in [-0.25, -0.2) is 9.59 Å². The monoisotopic (exact) mass is 362 g/mol. The lowest BCUT2D eigenvalue weighted by Crippen LogP contribution is -2.41. The van der Waals surface area contributed by atoms with E-state index >= 15 is 0 Å². The predicted molar refractivity (Wildman–Crippen MR) is 96.1 cm³/mol. The van der Waals surface area contributed by atoms with Crippen LogP contribution in [0.2, 0.25) is 0 Å². The van der Waals surface area contributed by atoms with Crippen molar-refractivity contribution in [3.63, 3.8) is 0 Å². The van der Waals surface area contributed by atoms with Gasteiger partial charge in [0.1, 0.15) is 0 Å². The Hall–Kier alpha value is -2.18. The van der Waals surface area contributed by atoms with Crippen molar-refractivity contribution in [1.29, 1.82) is 0 Å². The van der Waals surface area contributed by atoms with Crippen LogP contribution < -0.4 is 0 Å². The van der Waals surface area contributed by atoms with Gasteiger partial charge in [0.25, 0.3) is 0 Å². The number of hydrogen-bond acceptors (Lipinski definition) is 6. The van der Waals surface area contributed by atoms with Crippen molar-refractivity contribution >= 4 is 11.9 Å². The van der Waals surface area contributed by atoms with Crippen molar-refractivity contribution in [1.82, 2.24) is 0 Å². The van der Waals surface area contributed by atoms with Crippen LogP contribution in [0.3, 0.4) is 0 Å². The number of rotatable bonds is 9. The summed E-state index contributed by atoms with van der Waals surface area (Å²) in [7, 11) is 0. The van der Waals surface area contributed by atoms with Crippen LogP contribution >= 0.6 is 0 Å². The molecule has 0 aliphatic heterocycles. The molecule has 2 aliphatic rings. The van der Waals surface area contributed by atoms with E-state index in [4.69, 9.17) is 9.47 Å². The van der Waals surface area contributed by atoms with Crippen LogP contribution in [-0.4, -0.2) is 47.6 Å². The maximum Gasteiger partial charge on any atom is 0.338 e. The molecule has 0 amide bonds. The Morgan fingerprint density at radius 2 is 1.23 bits per heavy atom. The summed E-state index contributed by atoms with van der Waals surface area (Å²) >= 11 is 0. The molecule has 0 heterocycles. The molecule has 0 radical (unpaired) electrons. The Morgan fingerprint density at radius 1 is 0.808 bits per heavy atom. The second-order valence-corrected chi connectivity index (χ2v) is 6.24. The van der Waals surface area contributed by atoms with Gasteiger partial charge >= 0.3 is 11.9 Å². The van der Waals surface area contributed by atoms with E-state index < -0.39 is 24.1 Å². The molecule has 0 saturated carbocycles. The Kier molecular flexibility index (Phi) is 8.31. The van der Waals surface area contributed by atoms with Gasteiger partial charge in [-0.1, -0.05) is 36.5 Å². The third-order valence-electron chi connectivity index (χ3n) is 4.20. The average Bonchev–Trinajstić information content (AvgIpc) is 2.68. The number of esters is 2. The van der Waals surface area contributed by atoms with Gasteiger partial charge in [-0.15, -0.1) is 0 Å². The topological polar surface area (TPSA) is 93.1 Å². The Labute approximate surface area is 153 Å². The van der Waals surface area contributed by atoms with Crippen molar-refractivity contribution in [3.05, 3.63) is 47.6 Å². The minimum atomic E-state index is -1.95. The van der Waals surface area contributed by atoms with E-state index in [0.717, 1.165) is 36.8 Å². The first-order valence-electron chi connectivity index (χ1n) is 8.98. The van der Waals surface area contributed by atoms with E-state index in [9.17, 15) is 19.8 Å². The standard InChI is InChI=1S/C20H26O6/c21-17(19(23)25-13-11-15-7-3-1-4-8-15)18(22)20(24)26-14-12-16-9-5-2-6-10-16/h3,5,7-10,17-18,21-22H,1-2,4,6,11-14H2/t17-,18-/m1/s1. The lowest BCUT2D eigenvalue weighted by atomic mass is 10.1. The van der Waals surface area contributed by atoms with E-state index in [1.807, 2.05) is 24.3 Å². The van der Waals surface area contributed by atoms with E-state index in [2.05, 4.69) is 12.2 Å². The molecule has 142 valence electrons. The molecular formula is C20H26O6. The van der Waals surface area contributed by atoms with E-state index in [0.29, 0.717) is 12.8 Å². The highest BCUT2D eigenvalue weighted by Crippen LogP contribution is 2.14. The van der Waals surface area contributed by atoms with E-state index in [-0.39, 0.29) is 13.2 Å². The average molecular weight is 362 g/mol. The molecule has 0 aromatic rings. The molecule has 6 heteroatoms. The molecule has 0 spiro atoms. The SMILES string of the molecule is O=C(OCCC1=CCCC=C1)[C@H](O)[C@@H](O)C(=O)OCCC1=CCCC=C1. The summed E-state index contributed by atoms with van der Waals surface area (Å²) in [5.74, 6) is -2.07. The Morgan fingerprint density at radius 3 is 1.58 bits per heavy atom. The zero-order chi connectivity index (χ0) is 18.8. The zero-order valence-corrected chi connectivity index (χ0v) is 14.8. The number of allylic oxidation sites excluding steroid dienone is 6. The summed E-state index contributed by atoms with van der Waals surface area (Å²) in [6.45, 7) is 0.155. The lowest BCUT2D eigenvalue weighted by Gasteiger charge is -2.16. The molecule has 0 aromatic carbocycles. The largest absolute Gasteiger partial charge is 0.463 e. The molecule has 0 aromatic heterocycles. The van der Waals surface area contributed by atoms with Gasteiger partial charge in [-0.2, -0.15) is 0 Å². The first kappa shape index (κ1) is 20.1. The number of carbonyl (C=O) groups is 2. The Bertz CT molecular complexity index is 560. The molecule has 2 atom stereocenters. The third kappa shape index (κ3) is 6.61. The van der Waals surface area contributed by atoms with Crippen LogP contribution in [0.15, 0.2) is 47.6 Å². The van der Waals surface area contributed by atoms with Gasteiger partial charge in [0.15, 0.2) is 12.2 Å². The summed E-state index contributed by atoms with van der Waals surface area (Å²) in [5, 5.41) is 19.5. The molecule has 0 saturated heterocycles. The molecule has 2 aliphatic carbocycles. The van der Waals surface area contributed by atoms with E-state index in [1.165, 1.54) is 0 Å². The molecule has 0 fully saturated rings. The lowest BCUT2D eigenvalue weighted by molar-refractivity contribution is -0.173. The number of carbonyl (C=O) groups excluding carboxylic acids is 2. The minimum absolute atomic E-state index is 0.0777. The highest BCUT2D eigenvalue weighted by molar-refractivity contribution is 5.85. The van der Waals surface area contributed by atoms with Crippen molar-refractivity contribution in [2.45, 2.75) is 50.7 Å². The van der Waals surface area contributed by atoms with Gasteiger partial charge in [0.05, 0.1) is 13.2 Å². The summed E-state index contributed by atoms with van der Waals surface area (Å²) in [6, 6.07) is 0. The maximum absolute atomic E-state index is 11.8. The second-order valence-electron chi connectivity index (χ2n) is 6.24. The van der Waals surface area contributed by atoms with Crippen LogP contribution in [0.1, 0.15) is 38.5 Å². The van der Waals surface area contributed by atoms with Crippen LogP contribution in [-0.2, 0) is 19.1 Å². The third-order valence-corrected chi connectivity index (χ3v) is 4.20. The van der Waals surface area contributed by atoms with E-state index in [1.54, 1.807) is 0 Å². The summed E-state index contributed by atoms with van der Waals surface area (Å²) in [6.07, 6.45) is 13.2. The van der Waals surface area contributed by atoms with Gasteiger partial charge in [-0.05, 0) is 36.8 Å². The highest BCUT2D eigenvalue weighted by atomic mass is 16.6. The van der Waals surface area contributed by atoms with Gasteiger partial charge < -0.3 is 19.7 Å². The summed E-state index contributed by atoms with van der Waals surface area (Å²) < 4.78 is 9.86. The molecular weight excluding hydrogens is 336 g/mol. The number of aliphatic hydroxyl groups is 2. The van der Waals surface area contributed by atoms with Crippen molar-refractivity contribution in [2.24, 2.45) is 0 Å². The normalized spacial score (nSPS) is 18.5. The molecule has 2 N–H and O–H groups in total. The fourth-order valence-electron chi connectivity index (χ4n) is 2.67. The van der Waals surface area contributed by atoms with Gasteiger partial charge in [0, 0.05) is 12.8 Å². The van der Waals surface area contributed by atoms with Crippen molar-refractivity contribution in [2.75, 3.05) is 13.2 Å². The fourth-order valence-corrected chi connectivity index (χ4v) is 2.67. The summed E-state index contributed by atoms with van der Waals surface area (Å²) in [4.78, 5) is 23.5. The van der Waals surface area contributed by atoms with Crippen molar-refractivity contribution < 1.29 is 29.3 Å². The Balaban J connectivity index is 1.66. The van der Waals surface area contributed by atoms with Crippen molar-refractivity contribution in [3.8, 4) is 0 Å².